The Morgan fingerprint density at radius 1 is 1.23 bits per heavy atom. The van der Waals surface area contributed by atoms with Crippen molar-refractivity contribution in [1.29, 1.82) is 0 Å². The molecule has 0 bridgehead atoms. The first kappa shape index (κ1) is 20.2. The minimum Gasteiger partial charge on any atom is -0.443 e. The lowest BCUT2D eigenvalue weighted by Crippen LogP contribution is -2.49. The van der Waals surface area contributed by atoms with E-state index in [4.69, 9.17) is 4.74 Å². The van der Waals surface area contributed by atoms with E-state index in [-0.39, 0.29) is 5.91 Å². The van der Waals surface area contributed by atoms with E-state index in [2.05, 4.69) is 14.9 Å². The minimum absolute atomic E-state index is 0.0810. The van der Waals surface area contributed by atoms with Crippen LogP contribution in [0, 0.1) is 0 Å². The summed E-state index contributed by atoms with van der Waals surface area (Å²) in [5, 5.41) is 0.870. The second kappa shape index (κ2) is 7.95. The summed E-state index contributed by atoms with van der Waals surface area (Å²) in [6.45, 7) is 8.31. The monoisotopic (exact) mass is 409 g/mol. The zero-order chi connectivity index (χ0) is 21.3. The van der Waals surface area contributed by atoms with Crippen LogP contribution >= 0.6 is 0 Å². The highest BCUT2D eigenvalue weighted by Crippen LogP contribution is 2.23. The summed E-state index contributed by atoms with van der Waals surface area (Å²) in [6, 6.07) is 7.66. The Balaban J connectivity index is 1.52. The second-order valence-corrected chi connectivity index (χ2v) is 8.61. The van der Waals surface area contributed by atoms with Crippen molar-refractivity contribution in [2.75, 3.05) is 19.6 Å². The molecule has 8 nitrogen and oxygen atoms in total. The van der Waals surface area contributed by atoms with Gasteiger partial charge in [-0.25, -0.2) is 9.36 Å². The van der Waals surface area contributed by atoms with Crippen molar-refractivity contribution in [2.45, 2.75) is 39.5 Å². The third-order valence-corrected chi connectivity index (χ3v) is 5.06. The lowest BCUT2D eigenvalue weighted by molar-refractivity contribution is -0.137. The molecule has 3 aromatic rings. The maximum Gasteiger partial charge on any atom is 0.419 e. The topological polar surface area (TPSA) is 83.5 Å². The van der Waals surface area contributed by atoms with E-state index in [1.54, 1.807) is 17.0 Å². The second-order valence-electron chi connectivity index (χ2n) is 8.61. The van der Waals surface area contributed by atoms with Crippen molar-refractivity contribution in [3.05, 3.63) is 54.2 Å². The number of amides is 1. The van der Waals surface area contributed by atoms with Gasteiger partial charge < -0.3 is 14.6 Å². The first-order valence-electron chi connectivity index (χ1n) is 10.1. The summed E-state index contributed by atoms with van der Waals surface area (Å²) >= 11 is 0. The molecule has 158 valence electrons. The van der Waals surface area contributed by atoms with Crippen LogP contribution in [0.25, 0.3) is 10.9 Å². The smallest absolute Gasteiger partial charge is 0.419 e. The Morgan fingerprint density at radius 3 is 2.77 bits per heavy atom. The number of hydrogen-bond donors (Lipinski definition) is 1. The molecule has 1 fully saturated rings. The molecule has 8 heteroatoms. The number of rotatable bonds is 4. The zero-order valence-corrected chi connectivity index (χ0v) is 17.6. The number of aromatic amines is 1. The van der Waals surface area contributed by atoms with E-state index in [0.29, 0.717) is 26.2 Å². The fraction of sp³-hybridized carbons (Fsp3) is 0.409. The summed E-state index contributed by atoms with van der Waals surface area (Å²) in [7, 11) is 0. The maximum absolute atomic E-state index is 12.9. The van der Waals surface area contributed by atoms with Crippen molar-refractivity contribution in [2.24, 2.45) is 0 Å². The van der Waals surface area contributed by atoms with Gasteiger partial charge in [-0.05, 0) is 45.0 Å². The minimum atomic E-state index is -0.600. The summed E-state index contributed by atoms with van der Waals surface area (Å²) in [6.07, 6.45) is 4.84. The highest BCUT2D eigenvalue weighted by Gasteiger charge is 2.27. The lowest BCUT2D eigenvalue weighted by Gasteiger charge is -2.34. The van der Waals surface area contributed by atoms with Crippen LogP contribution in [0.1, 0.15) is 32.2 Å². The molecule has 0 unspecified atom stereocenters. The van der Waals surface area contributed by atoms with Gasteiger partial charge in [-0.2, -0.15) is 0 Å². The van der Waals surface area contributed by atoms with Gasteiger partial charge in [0.15, 0.2) is 0 Å². The normalized spacial score (nSPS) is 15.7. The van der Waals surface area contributed by atoms with Crippen LogP contribution in [0.2, 0.25) is 0 Å². The largest absolute Gasteiger partial charge is 0.443 e. The fourth-order valence-corrected chi connectivity index (χ4v) is 3.71. The molecule has 1 aliphatic heterocycles. The van der Waals surface area contributed by atoms with E-state index in [1.807, 2.05) is 56.1 Å². The summed E-state index contributed by atoms with van der Waals surface area (Å²) in [5.41, 5.74) is 1.97. The van der Waals surface area contributed by atoms with Crippen molar-refractivity contribution in [3.8, 4) is 0 Å². The number of fused-ring (bicyclic) bond motifs is 1. The molecule has 0 atom stereocenters. The number of aromatic nitrogens is 3. The third kappa shape index (κ3) is 4.38. The van der Waals surface area contributed by atoms with Crippen LogP contribution in [-0.4, -0.2) is 61.6 Å². The van der Waals surface area contributed by atoms with Gasteiger partial charge in [-0.15, -0.1) is 0 Å². The summed E-state index contributed by atoms with van der Waals surface area (Å²) in [4.78, 5) is 36.8. The van der Waals surface area contributed by atoms with Gasteiger partial charge in [0.05, 0.1) is 18.6 Å². The number of carbonyl (C=O) groups is 2. The molecule has 1 N–H and O–H groups in total. The molecule has 1 aliphatic rings. The Kier molecular flexibility index (Phi) is 5.34. The molecular formula is C22H27N5O3. The average Bonchev–Trinajstić information content (AvgIpc) is 3.29. The standard InChI is InChI=1S/C22H27N5O3/c1-22(2,3)30-21(29)27-18(11-16-12-23-8-6-19(16)27)14-25-9-10-26(20(28)15-25)13-17-5-4-7-24-17/h4-8,11-12,24H,9-10,13-15H2,1-3H3. The fourth-order valence-electron chi connectivity index (χ4n) is 3.71. The van der Waals surface area contributed by atoms with Crippen molar-refractivity contribution in [3.63, 3.8) is 0 Å². The van der Waals surface area contributed by atoms with Gasteiger partial charge in [-0.3, -0.25) is 14.7 Å². The Hall–Kier alpha value is -3.13. The van der Waals surface area contributed by atoms with Gasteiger partial charge in [0, 0.05) is 55.0 Å². The number of piperazine rings is 1. The van der Waals surface area contributed by atoms with Gasteiger partial charge in [0.1, 0.15) is 5.60 Å². The molecule has 30 heavy (non-hydrogen) atoms. The number of hydrogen-bond acceptors (Lipinski definition) is 5. The number of nitrogens with one attached hydrogen (secondary N) is 1. The van der Waals surface area contributed by atoms with Crippen LogP contribution in [0.5, 0.6) is 0 Å². The number of carbonyl (C=O) groups excluding carboxylic acids is 2. The predicted molar refractivity (Wildman–Crippen MR) is 113 cm³/mol. The Labute approximate surface area is 175 Å². The molecule has 0 spiro atoms. The SMILES string of the molecule is CC(C)(C)OC(=O)n1c(CN2CCN(Cc3ccc[nH]3)C(=O)C2)cc2cnccc21. The Morgan fingerprint density at radius 2 is 2.07 bits per heavy atom. The number of H-pyrrole nitrogens is 1. The molecule has 3 aromatic heterocycles. The molecule has 1 saturated heterocycles. The van der Waals surface area contributed by atoms with Gasteiger partial charge in [-0.1, -0.05) is 0 Å². The van der Waals surface area contributed by atoms with E-state index in [9.17, 15) is 9.59 Å². The molecular weight excluding hydrogens is 382 g/mol. The van der Waals surface area contributed by atoms with E-state index < -0.39 is 11.7 Å². The van der Waals surface area contributed by atoms with Gasteiger partial charge in [0.25, 0.3) is 0 Å². The number of nitrogens with zero attached hydrogens (tertiary/aromatic N) is 4. The van der Waals surface area contributed by atoms with E-state index in [0.717, 1.165) is 28.8 Å². The van der Waals surface area contributed by atoms with Crippen molar-refractivity contribution >= 4 is 22.9 Å². The molecule has 0 aromatic carbocycles. The van der Waals surface area contributed by atoms with Crippen LogP contribution in [-0.2, 0) is 22.6 Å². The highest BCUT2D eigenvalue weighted by atomic mass is 16.6. The molecule has 0 radical (unpaired) electrons. The zero-order valence-electron chi connectivity index (χ0n) is 17.6. The molecule has 0 saturated carbocycles. The van der Waals surface area contributed by atoms with Gasteiger partial charge >= 0.3 is 6.09 Å². The molecule has 4 rings (SSSR count). The van der Waals surface area contributed by atoms with Crippen LogP contribution in [0.4, 0.5) is 4.79 Å². The van der Waals surface area contributed by atoms with E-state index >= 15 is 0 Å². The molecule has 4 heterocycles. The van der Waals surface area contributed by atoms with Crippen LogP contribution < -0.4 is 0 Å². The van der Waals surface area contributed by atoms with Crippen molar-refractivity contribution < 1.29 is 14.3 Å². The molecule has 1 amide bonds. The first-order chi connectivity index (χ1) is 14.3. The van der Waals surface area contributed by atoms with Crippen LogP contribution in [0.15, 0.2) is 42.9 Å². The maximum atomic E-state index is 12.9. The molecule has 0 aliphatic carbocycles. The number of ether oxygens (including phenoxy) is 1. The van der Waals surface area contributed by atoms with Gasteiger partial charge in [0.2, 0.25) is 5.91 Å². The number of pyridine rings is 1. The summed E-state index contributed by atoms with van der Waals surface area (Å²) in [5.74, 6) is 0.0810. The van der Waals surface area contributed by atoms with Crippen molar-refractivity contribution in [1.82, 2.24) is 24.3 Å². The quantitative estimate of drug-likeness (QED) is 0.716. The Bertz CT molecular complexity index is 1050. The van der Waals surface area contributed by atoms with E-state index in [1.165, 1.54) is 0 Å². The highest BCUT2D eigenvalue weighted by molar-refractivity contribution is 5.90. The third-order valence-electron chi connectivity index (χ3n) is 5.06. The van der Waals surface area contributed by atoms with Crippen LogP contribution in [0.3, 0.4) is 0 Å². The summed E-state index contributed by atoms with van der Waals surface area (Å²) < 4.78 is 7.22. The average molecular weight is 409 g/mol. The first-order valence-corrected chi connectivity index (χ1v) is 10.1. The predicted octanol–water partition coefficient (Wildman–Crippen LogP) is 2.99. The lowest BCUT2D eigenvalue weighted by atomic mass is 10.2.